The number of ether oxygens (including phenoxy) is 1. The topological polar surface area (TPSA) is 61.0 Å². The Morgan fingerprint density at radius 2 is 1.65 bits per heavy atom. The first kappa shape index (κ1) is 15.2. The second-order valence-corrected chi connectivity index (χ2v) is 5.70. The predicted molar refractivity (Wildman–Crippen MR) is 82.1 cm³/mol. The van der Waals surface area contributed by atoms with Crippen LogP contribution in [-0.2, 0) is 0 Å². The van der Waals surface area contributed by atoms with Gasteiger partial charge < -0.3 is 10.5 Å². The van der Waals surface area contributed by atoms with Crippen molar-refractivity contribution in [3.63, 3.8) is 0 Å². The van der Waals surface area contributed by atoms with Crippen molar-refractivity contribution in [2.24, 2.45) is 0 Å². The van der Waals surface area contributed by atoms with Crippen molar-refractivity contribution in [1.29, 1.82) is 0 Å². The molecule has 0 aliphatic rings. The minimum Gasteiger partial charge on any atom is -0.434 e. The monoisotopic (exact) mass is 331 g/mol. The SMILES string of the molecule is CC(C)c1cc(Cl)nnc1Oc1c(Cl)cc(N)cc1Cl. The lowest BCUT2D eigenvalue weighted by atomic mass is 10.1. The summed E-state index contributed by atoms with van der Waals surface area (Å²) in [5.74, 6) is 0.767. The molecule has 0 amide bonds. The molecular weight excluding hydrogens is 321 g/mol. The van der Waals surface area contributed by atoms with Gasteiger partial charge in [-0.05, 0) is 24.1 Å². The van der Waals surface area contributed by atoms with Crippen LogP contribution in [0.1, 0.15) is 25.3 Å². The van der Waals surface area contributed by atoms with Gasteiger partial charge in [0.05, 0.1) is 10.0 Å². The van der Waals surface area contributed by atoms with E-state index in [1.807, 2.05) is 13.8 Å². The number of rotatable bonds is 3. The minimum atomic E-state index is 0.157. The van der Waals surface area contributed by atoms with Crippen LogP contribution in [0.4, 0.5) is 5.69 Å². The average Bonchev–Trinajstić information content (AvgIpc) is 2.34. The molecule has 7 heteroatoms. The van der Waals surface area contributed by atoms with Gasteiger partial charge in [-0.2, -0.15) is 0 Å². The maximum Gasteiger partial charge on any atom is 0.242 e. The quantitative estimate of drug-likeness (QED) is 0.809. The van der Waals surface area contributed by atoms with Crippen LogP contribution in [0.15, 0.2) is 18.2 Å². The molecule has 0 radical (unpaired) electrons. The Morgan fingerprint density at radius 3 is 2.20 bits per heavy atom. The summed E-state index contributed by atoms with van der Waals surface area (Å²) in [4.78, 5) is 0. The van der Waals surface area contributed by atoms with Crippen LogP contribution in [0.2, 0.25) is 15.2 Å². The van der Waals surface area contributed by atoms with Gasteiger partial charge in [-0.15, -0.1) is 10.2 Å². The van der Waals surface area contributed by atoms with E-state index < -0.39 is 0 Å². The third-order valence-corrected chi connectivity index (χ3v) is 3.35. The summed E-state index contributed by atoms with van der Waals surface area (Å²) in [7, 11) is 0. The Bertz CT molecular complexity index is 624. The number of halogens is 3. The van der Waals surface area contributed by atoms with Crippen molar-refractivity contribution < 1.29 is 4.74 Å². The van der Waals surface area contributed by atoms with E-state index in [1.54, 1.807) is 18.2 Å². The lowest BCUT2D eigenvalue weighted by molar-refractivity contribution is 0.445. The highest BCUT2D eigenvalue weighted by molar-refractivity contribution is 6.37. The van der Waals surface area contributed by atoms with E-state index in [9.17, 15) is 0 Å². The summed E-state index contributed by atoms with van der Waals surface area (Å²) in [5.41, 5.74) is 6.92. The first-order valence-electron chi connectivity index (χ1n) is 5.84. The normalized spacial score (nSPS) is 10.9. The number of aromatic nitrogens is 2. The molecule has 0 aliphatic carbocycles. The molecule has 0 fully saturated rings. The zero-order chi connectivity index (χ0) is 14.9. The number of anilines is 1. The zero-order valence-electron chi connectivity index (χ0n) is 10.8. The van der Waals surface area contributed by atoms with Gasteiger partial charge in [-0.25, -0.2) is 0 Å². The molecule has 4 nitrogen and oxygen atoms in total. The molecule has 1 heterocycles. The van der Waals surface area contributed by atoms with E-state index in [2.05, 4.69) is 10.2 Å². The Morgan fingerprint density at radius 1 is 1.05 bits per heavy atom. The summed E-state index contributed by atoms with van der Waals surface area (Å²) >= 11 is 18.0. The van der Waals surface area contributed by atoms with Crippen molar-refractivity contribution in [3.8, 4) is 11.6 Å². The van der Waals surface area contributed by atoms with Crippen molar-refractivity contribution in [3.05, 3.63) is 39.0 Å². The largest absolute Gasteiger partial charge is 0.434 e. The Hall–Kier alpha value is -1.23. The van der Waals surface area contributed by atoms with Crippen LogP contribution in [0, 0.1) is 0 Å². The van der Waals surface area contributed by atoms with E-state index in [0.717, 1.165) is 5.56 Å². The fourth-order valence-corrected chi connectivity index (χ4v) is 2.37. The molecule has 0 bridgehead atoms. The molecule has 2 rings (SSSR count). The summed E-state index contributed by atoms with van der Waals surface area (Å²) in [6.45, 7) is 3.98. The lowest BCUT2D eigenvalue weighted by Crippen LogP contribution is -2.00. The molecule has 0 saturated heterocycles. The van der Waals surface area contributed by atoms with Crippen LogP contribution in [0.25, 0.3) is 0 Å². The second kappa shape index (κ2) is 6.04. The Balaban J connectivity index is 2.45. The molecule has 0 unspecified atom stereocenters. The van der Waals surface area contributed by atoms with E-state index in [4.69, 9.17) is 45.3 Å². The molecule has 0 aliphatic heterocycles. The van der Waals surface area contributed by atoms with Crippen LogP contribution < -0.4 is 10.5 Å². The molecule has 20 heavy (non-hydrogen) atoms. The van der Waals surface area contributed by atoms with Crippen LogP contribution in [0.5, 0.6) is 11.6 Å². The van der Waals surface area contributed by atoms with Crippen molar-refractivity contribution >= 4 is 40.5 Å². The zero-order valence-corrected chi connectivity index (χ0v) is 13.1. The number of nitrogens with two attached hydrogens (primary N) is 1. The van der Waals surface area contributed by atoms with Crippen LogP contribution >= 0.6 is 34.8 Å². The molecule has 106 valence electrons. The van der Waals surface area contributed by atoms with Gasteiger partial charge in [0.25, 0.3) is 0 Å². The fourth-order valence-electron chi connectivity index (χ4n) is 1.64. The summed E-state index contributed by atoms with van der Waals surface area (Å²) < 4.78 is 5.69. The third kappa shape index (κ3) is 3.26. The van der Waals surface area contributed by atoms with Gasteiger partial charge in [0, 0.05) is 11.3 Å². The number of hydrogen-bond acceptors (Lipinski definition) is 4. The van der Waals surface area contributed by atoms with E-state index in [0.29, 0.717) is 32.5 Å². The van der Waals surface area contributed by atoms with Crippen LogP contribution in [-0.4, -0.2) is 10.2 Å². The van der Waals surface area contributed by atoms with Crippen LogP contribution in [0.3, 0.4) is 0 Å². The Labute approximate surface area is 131 Å². The first-order valence-corrected chi connectivity index (χ1v) is 6.97. The van der Waals surface area contributed by atoms with Crippen molar-refractivity contribution in [2.45, 2.75) is 19.8 Å². The molecule has 2 aromatic rings. The van der Waals surface area contributed by atoms with Crippen molar-refractivity contribution in [2.75, 3.05) is 5.73 Å². The number of benzene rings is 1. The van der Waals surface area contributed by atoms with Gasteiger partial charge in [-0.1, -0.05) is 48.7 Å². The third-order valence-electron chi connectivity index (χ3n) is 2.60. The molecular formula is C13H12Cl3N3O. The highest BCUT2D eigenvalue weighted by atomic mass is 35.5. The maximum atomic E-state index is 6.08. The number of nitrogens with zero attached hydrogens (tertiary/aromatic N) is 2. The lowest BCUT2D eigenvalue weighted by Gasteiger charge is -2.14. The molecule has 1 aromatic heterocycles. The summed E-state index contributed by atoms with van der Waals surface area (Å²) in [6, 6.07) is 4.82. The standard InChI is InChI=1S/C13H12Cl3N3O/c1-6(2)8-5-11(16)18-19-13(8)20-12-9(14)3-7(17)4-10(12)15/h3-6H,17H2,1-2H3. The van der Waals surface area contributed by atoms with Crippen molar-refractivity contribution in [1.82, 2.24) is 10.2 Å². The van der Waals surface area contributed by atoms with E-state index >= 15 is 0 Å². The van der Waals surface area contributed by atoms with Gasteiger partial charge in [-0.3, -0.25) is 0 Å². The van der Waals surface area contributed by atoms with E-state index in [-0.39, 0.29) is 5.92 Å². The average molecular weight is 333 g/mol. The molecule has 0 saturated carbocycles. The summed E-state index contributed by atoms with van der Waals surface area (Å²) in [5, 5.41) is 8.64. The minimum absolute atomic E-state index is 0.157. The highest BCUT2D eigenvalue weighted by Gasteiger charge is 2.16. The van der Waals surface area contributed by atoms with Gasteiger partial charge in [0.2, 0.25) is 5.88 Å². The second-order valence-electron chi connectivity index (χ2n) is 4.50. The van der Waals surface area contributed by atoms with E-state index in [1.165, 1.54) is 0 Å². The molecule has 0 spiro atoms. The molecule has 2 N–H and O–H groups in total. The Kier molecular flexibility index (Phi) is 4.58. The number of hydrogen-bond donors (Lipinski definition) is 1. The first-order chi connectivity index (χ1) is 9.38. The predicted octanol–water partition coefficient (Wildman–Crippen LogP) is 4.93. The summed E-state index contributed by atoms with van der Waals surface area (Å²) in [6.07, 6.45) is 0. The van der Waals surface area contributed by atoms with Gasteiger partial charge in [0.15, 0.2) is 10.9 Å². The van der Waals surface area contributed by atoms with Gasteiger partial charge in [0.1, 0.15) is 0 Å². The van der Waals surface area contributed by atoms with Gasteiger partial charge >= 0.3 is 0 Å². The maximum absolute atomic E-state index is 6.08. The number of nitrogen functional groups attached to an aromatic ring is 1. The molecule has 0 atom stereocenters. The molecule has 1 aromatic carbocycles. The smallest absolute Gasteiger partial charge is 0.242 e. The fraction of sp³-hybridized carbons (Fsp3) is 0.231. The highest BCUT2D eigenvalue weighted by Crippen LogP contribution is 2.39.